The van der Waals surface area contributed by atoms with E-state index in [1.165, 1.54) is 47.9 Å². The number of nitrogens with one attached hydrogen (secondary N) is 2. The van der Waals surface area contributed by atoms with Crippen LogP contribution in [0.3, 0.4) is 0 Å². The van der Waals surface area contributed by atoms with Gasteiger partial charge in [0.05, 0.1) is 0 Å². The second kappa shape index (κ2) is 11.3. The lowest BCUT2D eigenvalue weighted by molar-refractivity contribution is 0.161. The van der Waals surface area contributed by atoms with Gasteiger partial charge in [0.15, 0.2) is 0 Å². The molecule has 208 valence electrons. The van der Waals surface area contributed by atoms with Gasteiger partial charge in [-0.25, -0.2) is 0 Å². The number of benzene rings is 2. The SMILES string of the molecule is CC1(C)CC(c2ccc(CC/C=C/CCc3ccc(C4CC(C)(C)NC(C)(C)C4)cc3)cc2)CC(C)(C)N1. The van der Waals surface area contributed by atoms with Gasteiger partial charge < -0.3 is 10.6 Å². The van der Waals surface area contributed by atoms with Gasteiger partial charge in [0, 0.05) is 22.2 Å². The van der Waals surface area contributed by atoms with Crippen molar-refractivity contribution >= 4 is 0 Å². The van der Waals surface area contributed by atoms with Gasteiger partial charge in [-0.1, -0.05) is 60.7 Å². The normalized spacial score (nSPS) is 23.1. The third kappa shape index (κ3) is 8.30. The fourth-order valence-corrected chi connectivity index (χ4v) is 7.76. The van der Waals surface area contributed by atoms with Crippen LogP contribution in [0, 0.1) is 0 Å². The van der Waals surface area contributed by atoms with Crippen LogP contribution in [0.5, 0.6) is 0 Å². The molecule has 38 heavy (non-hydrogen) atoms. The standard InChI is InChI=1S/C36H54N2/c1-33(2)23-31(24-34(3,4)37-33)29-19-15-27(16-20-29)13-11-9-10-12-14-28-17-21-30(22-18-28)32-25-35(5,6)38-36(7,8)26-32/h9-10,15-22,31-32,37-38H,11-14,23-26H2,1-8H3/b10-9+. The Balaban J connectivity index is 1.20. The largest absolute Gasteiger partial charge is 0.307 e. The molecule has 0 radical (unpaired) electrons. The quantitative estimate of drug-likeness (QED) is 0.344. The summed E-state index contributed by atoms with van der Waals surface area (Å²) in [5, 5.41) is 7.62. The molecule has 0 aliphatic carbocycles. The molecule has 0 atom stereocenters. The molecule has 2 aromatic carbocycles. The molecule has 2 aliphatic heterocycles. The van der Waals surface area contributed by atoms with Gasteiger partial charge in [-0.3, -0.25) is 0 Å². The average Bonchev–Trinajstić information content (AvgIpc) is 2.78. The first-order valence-electron chi connectivity index (χ1n) is 15.1. The lowest BCUT2D eigenvalue weighted by atomic mass is 9.73. The summed E-state index contributed by atoms with van der Waals surface area (Å²) in [6, 6.07) is 19.0. The summed E-state index contributed by atoms with van der Waals surface area (Å²) in [5.41, 5.74) is 6.69. The van der Waals surface area contributed by atoms with Crippen LogP contribution in [-0.4, -0.2) is 22.2 Å². The van der Waals surface area contributed by atoms with Gasteiger partial charge in [-0.05, 0) is 141 Å². The Labute approximate surface area is 234 Å². The first-order valence-corrected chi connectivity index (χ1v) is 15.1. The maximum Gasteiger partial charge on any atom is 0.0135 e. The third-order valence-corrected chi connectivity index (χ3v) is 8.65. The highest BCUT2D eigenvalue weighted by Crippen LogP contribution is 2.40. The highest BCUT2D eigenvalue weighted by molar-refractivity contribution is 5.29. The molecule has 2 aromatic rings. The minimum absolute atomic E-state index is 0.194. The highest BCUT2D eigenvalue weighted by Gasteiger charge is 2.39. The third-order valence-electron chi connectivity index (χ3n) is 8.65. The minimum Gasteiger partial charge on any atom is -0.307 e. The molecule has 0 bridgehead atoms. The zero-order valence-electron chi connectivity index (χ0n) is 25.6. The number of piperidine rings is 2. The van der Waals surface area contributed by atoms with Crippen molar-refractivity contribution in [3.8, 4) is 0 Å². The van der Waals surface area contributed by atoms with Gasteiger partial charge in [-0.15, -0.1) is 0 Å². The zero-order valence-corrected chi connectivity index (χ0v) is 25.6. The van der Waals surface area contributed by atoms with Gasteiger partial charge >= 0.3 is 0 Å². The van der Waals surface area contributed by atoms with E-state index in [1.54, 1.807) is 0 Å². The maximum absolute atomic E-state index is 3.81. The van der Waals surface area contributed by atoms with Crippen molar-refractivity contribution < 1.29 is 0 Å². The minimum atomic E-state index is 0.194. The monoisotopic (exact) mass is 514 g/mol. The number of hydrogen-bond acceptors (Lipinski definition) is 2. The number of rotatable bonds is 8. The van der Waals surface area contributed by atoms with Crippen molar-refractivity contribution in [1.82, 2.24) is 10.6 Å². The number of aryl methyl sites for hydroxylation is 2. The second-order valence-electron chi connectivity index (χ2n) is 15.0. The highest BCUT2D eigenvalue weighted by atomic mass is 15.1. The molecule has 2 heterocycles. The van der Waals surface area contributed by atoms with Gasteiger partial charge in [-0.2, -0.15) is 0 Å². The van der Waals surface area contributed by atoms with Crippen LogP contribution in [0.4, 0.5) is 0 Å². The molecular formula is C36H54N2. The first-order chi connectivity index (χ1) is 17.7. The maximum atomic E-state index is 3.81. The van der Waals surface area contributed by atoms with E-state index >= 15 is 0 Å². The molecule has 2 aliphatic rings. The Morgan fingerprint density at radius 3 is 1.11 bits per heavy atom. The first kappa shape index (κ1) is 29.1. The molecule has 0 saturated carbocycles. The molecule has 2 fully saturated rings. The summed E-state index contributed by atoms with van der Waals surface area (Å²) in [4.78, 5) is 0. The lowest BCUT2D eigenvalue weighted by Crippen LogP contribution is -2.57. The Hall–Kier alpha value is -1.90. The van der Waals surface area contributed by atoms with Crippen molar-refractivity contribution in [2.75, 3.05) is 0 Å². The van der Waals surface area contributed by atoms with Crippen molar-refractivity contribution in [2.24, 2.45) is 0 Å². The molecule has 2 nitrogen and oxygen atoms in total. The van der Waals surface area contributed by atoms with Crippen LogP contribution in [0.25, 0.3) is 0 Å². The molecule has 2 heteroatoms. The predicted molar refractivity (Wildman–Crippen MR) is 165 cm³/mol. The summed E-state index contributed by atoms with van der Waals surface area (Å²) < 4.78 is 0. The molecule has 2 N–H and O–H groups in total. The molecule has 2 saturated heterocycles. The van der Waals surface area contributed by atoms with Crippen LogP contribution < -0.4 is 10.6 Å². The van der Waals surface area contributed by atoms with Crippen LogP contribution >= 0.6 is 0 Å². The lowest BCUT2D eigenvalue weighted by Gasteiger charge is -2.46. The molecule has 0 spiro atoms. The molecule has 0 amide bonds. The van der Waals surface area contributed by atoms with Crippen molar-refractivity contribution in [3.63, 3.8) is 0 Å². The Morgan fingerprint density at radius 2 is 0.816 bits per heavy atom. The van der Waals surface area contributed by atoms with E-state index in [1.807, 2.05) is 0 Å². The van der Waals surface area contributed by atoms with E-state index in [0.29, 0.717) is 11.8 Å². The van der Waals surface area contributed by atoms with E-state index in [4.69, 9.17) is 0 Å². The van der Waals surface area contributed by atoms with Crippen molar-refractivity contribution in [1.29, 1.82) is 0 Å². The molecule has 4 rings (SSSR count). The summed E-state index contributed by atoms with van der Waals surface area (Å²) in [5.74, 6) is 1.28. The van der Waals surface area contributed by atoms with E-state index in [-0.39, 0.29) is 22.2 Å². The van der Waals surface area contributed by atoms with Gasteiger partial charge in [0.1, 0.15) is 0 Å². The summed E-state index contributed by atoms with van der Waals surface area (Å²) in [6.45, 7) is 18.7. The van der Waals surface area contributed by atoms with Gasteiger partial charge in [0.25, 0.3) is 0 Å². The molecular weight excluding hydrogens is 460 g/mol. The fraction of sp³-hybridized carbons (Fsp3) is 0.611. The van der Waals surface area contributed by atoms with Crippen LogP contribution in [0.15, 0.2) is 60.7 Å². The number of hydrogen-bond donors (Lipinski definition) is 2. The fourth-order valence-electron chi connectivity index (χ4n) is 7.76. The van der Waals surface area contributed by atoms with E-state index in [0.717, 1.165) is 25.7 Å². The zero-order chi connectivity index (χ0) is 27.6. The van der Waals surface area contributed by atoms with E-state index in [9.17, 15) is 0 Å². The average molecular weight is 515 g/mol. The summed E-state index contributed by atoms with van der Waals surface area (Å²) in [6.07, 6.45) is 14.0. The summed E-state index contributed by atoms with van der Waals surface area (Å²) >= 11 is 0. The van der Waals surface area contributed by atoms with E-state index in [2.05, 4.69) is 127 Å². The van der Waals surface area contributed by atoms with E-state index < -0.39 is 0 Å². The second-order valence-corrected chi connectivity index (χ2v) is 15.0. The van der Waals surface area contributed by atoms with Crippen LogP contribution in [0.1, 0.15) is 128 Å². The Bertz CT molecular complexity index is 950. The van der Waals surface area contributed by atoms with Crippen molar-refractivity contribution in [3.05, 3.63) is 82.9 Å². The van der Waals surface area contributed by atoms with Crippen LogP contribution in [-0.2, 0) is 12.8 Å². The smallest absolute Gasteiger partial charge is 0.0135 e. The Morgan fingerprint density at radius 1 is 0.526 bits per heavy atom. The topological polar surface area (TPSA) is 24.1 Å². The van der Waals surface area contributed by atoms with Gasteiger partial charge in [0.2, 0.25) is 0 Å². The number of allylic oxidation sites excluding steroid dienone is 2. The molecule has 0 aromatic heterocycles. The molecule has 0 unspecified atom stereocenters. The predicted octanol–water partition coefficient (Wildman–Crippen LogP) is 8.86. The summed E-state index contributed by atoms with van der Waals surface area (Å²) in [7, 11) is 0. The van der Waals surface area contributed by atoms with Crippen molar-refractivity contribution in [2.45, 2.75) is 141 Å². The Kier molecular flexibility index (Phi) is 8.65. The van der Waals surface area contributed by atoms with Crippen LogP contribution in [0.2, 0.25) is 0 Å².